The Kier molecular flexibility index (Phi) is 8.89. The molecule has 0 bridgehead atoms. The van der Waals surface area contributed by atoms with Crippen LogP contribution in [0.25, 0.3) is 5.57 Å². The van der Waals surface area contributed by atoms with E-state index >= 15 is 0 Å². The van der Waals surface area contributed by atoms with Gasteiger partial charge < -0.3 is 9.47 Å². The summed E-state index contributed by atoms with van der Waals surface area (Å²) in [6.07, 6.45) is 8.07. The topological polar surface area (TPSA) is 61.3 Å². The first-order valence-electron chi connectivity index (χ1n) is 10.6. The molecule has 1 aromatic heterocycles. The lowest BCUT2D eigenvalue weighted by Gasteiger charge is -2.44. The van der Waals surface area contributed by atoms with Gasteiger partial charge in [0.25, 0.3) is 5.88 Å². The van der Waals surface area contributed by atoms with E-state index in [0.29, 0.717) is 23.4 Å². The Morgan fingerprint density at radius 3 is 2.71 bits per heavy atom. The minimum absolute atomic E-state index is 0.138. The molecule has 0 spiro atoms. The van der Waals surface area contributed by atoms with E-state index in [1.807, 2.05) is 6.92 Å². The van der Waals surface area contributed by atoms with E-state index in [1.54, 1.807) is 0 Å². The second kappa shape index (κ2) is 10.9. The van der Waals surface area contributed by atoms with Crippen LogP contribution in [0.15, 0.2) is 6.08 Å². The van der Waals surface area contributed by atoms with Gasteiger partial charge in [0.1, 0.15) is 12.2 Å². The summed E-state index contributed by atoms with van der Waals surface area (Å²) in [5.74, 6) is 0.746. The van der Waals surface area contributed by atoms with Gasteiger partial charge in [0.15, 0.2) is 0 Å². The molecule has 2 atom stereocenters. The highest BCUT2D eigenvalue weighted by Crippen LogP contribution is 2.33. The fourth-order valence-corrected chi connectivity index (χ4v) is 4.36. The molecule has 1 aliphatic rings. The molecule has 0 aromatic carbocycles. The van der Waals surface area contributed by atoms with Crippen molar-refractivity contribution in [2.24, 2.45) is 5.92 Å². The molecule has 0 aliphatic carbocycles. The second-order valence-electron chi connectivity index (χ2n) is 8.18. The fourth-order valence-electron chi connectivity index (χ4n) is 3.83. The van der Waals surface area contributed by atoms with Crippen LogP contribution in [0.5, 0.6) is 5.88 Å². The number of aromatic nitrogens is 2. The van der Waals surface area contributed by atoms with Crippen molar-refractivity contribution in [3.05, 3.63) is 11.8 Å². The standard InChI is InChI=1S/C21H36N3O3S/c1-6-8-9-10-14-26-20-19(22-28-23-20)17-12-11-13-24(5,15-17)21(16(3)4)27-18(25)7-2/h12,16,21H,6-11,13-15H2,1-5H3/q+1. The smallest absolute Gasteiger partial charge is 0.310 e. The van der Waals surface area contributed by atoms with Crippen LogP contribution in [0.2, 0.25) is 0 Å². The van der Waals surface area contributed by atoms with Crippen molar-refractivity contribution >= 4 is 23.3 Å². The second-order valence-corrected chi connectivity index (χ2v) is 8.71. The number of quaternary nitrogens is 1. The highest BCUT2D eigenvalue weighted by atomic mass is 32.1. The molecule has 0 amide bonds. The number of carbonyl (C=O) groups excluding carboxylic acids is 1. The van der Waals surface area contributed by atoms with Crippen molar-refractivity contribution in [3.8, 4) is 5.88 Å². The van der Waals surface area contributed by atoms with Crippen molar-refractivity contribution in [3.63, 3.8) is 0 Å². The van der Waals surface area contributed by atoms with Gasteiger partial charge in [0, 0.05) is 24.3 Å². The number of esters is 1. The number of likely N-dealkylation sites (N-methyl/N-ethyl adjacent to an activating group) is 1. The van der Waals surface area contributed by atoms with Crippen LogP contribution in [0.4, 0.5) is 0 Å². The summed E-state index contributed by atoms with van der Waals surface area (Å²) in [7, 11) is 2.17. The van der Waals surface area contributed by atoms with Crippen LogP contribution in [-0.2, 0) is 9.53 Å². The Hall–Kier alpha value is -1.47. The van der Waals surface area contributed by atoms with Crippen LogP contribution in [0, 0.1) is 5.92 Å². The Labute approximate surface area is 173 Å². The summed E-state index contributed by atoms with van der Waals surface area (Å²) in [6.45, 7) is 10.7. The lowest BCUT2D eigenvalue weighted by molar-refractivity contribution is -0.950. The molecule has 158 valence electrons. The first-order valence-corrected chi connectivity index (χ1v) is 11.3. The van der Waals surface area contributed by atoms with Gasteiger partial charge in [-0.15, -0.1) is 4.37 Å². The highest BCUT2D eigenvalue weighted by Gasteiger charge is 2.41. The molecule has 2 unspecified atom stereocenters. The Morgan fingerprint density at radius 1 is 1.25 bits per heavy atom. The van der Waals surface area contributed by atoms with Gasteiger partial charge in [-0.05, 0) is 6.42 Å². The van der Waals surface area contributed by atoms with Crippen molar-refractivity contribution in [2.45, 2.75) is 72.4 Å². The maximum atomic E-state index is 12.0. The SMILES string of the molecule is CCCCCCOc1nsnc1C1=CCC[N+](C)(C(OC(=O)CC)C(C)C)C1. The van der Waals surface area contributed by atoms with Crippen LogP contribution in [0.1, 0.15) is 71.9 Å². The quantitative estimate of drug-likeness (QED) is 0.301. The van der Waals surface area contributed by atoms with Crippen LogP contribution >= 0.6 is 11.7 Å². The minimum Gasteiger partial charge on any atom is -0.475 e. The largest absolute Gasteiger partial charge is 0.475 e. The third kappa shape index (κ3) is 6.01. The van der Waals surface area contributed by atoms with Crippen LogP contribution in [0.3, 0.4) is 0 Å². The molecule has 1 aromatic rings. The summed E-state index contributed by atoms with van der Waals surface area (Å²) >= 11 is 1.20. The third-order valence-electron chi connectivity index (χ3n) is 5.29. The molecule has 0 fully saturated rings. The fraction of sp³-hybridized carbons (Fsp3) is 0.762. The van der Waals surface area contributed by atoms with Crippen LogP contribution < -0.4 is 4.74 Å². The lowest BCUT2D eigenvalue weighted by Crippen LogP contribution is -2.58. The average molecular weight is 411 g/mol. The van der Waals surface area contributed by atoms with Gasteiger partial charge in [-0.3, -0.25) is 9.28 Å². The first kappa shape index (κ1) is 22.8. The molecule has 6 nitrogen and oxygen atoms in total. The van der Waals surface area contributed by atoms with Gasteiger partial charge in [-0.25, -0.2) is 0 Å². The van der Waals surface area contributed by atoms with Crippen molar-refractivity contribution in [1.29, 1.82) is 0 Å². The Bertz CT molecular complexity index is 659. The van der Waals surface area contributed by atoms with Gasteiger partial charge in [-0.1, -0.05) is 53.0 Å². The molecular weight excluding hydrogens is 374 g/mol. The lowest BCUT2D eigenvalue weighted by atomic mass is 10.0. The van der Waals surface area contributed by atoms with E-state index in [1.165, 1.54) is 31.0 Å². The molecular formula is C21H36N3O3S+. The van der Waals surface area contributed by atoms with E-state index in [9.17, 15) is 4.79 Å². The zero-order chi connectivity index (χ0) is 20.6. The van der Waals surface area contributed by atoms with Crippen molar-refractivity contribution in [2.75, 3.05) is 26.7 Å². The number of hydrogen-bond donors (Lipinski definition) is 0. The summed E-state index contributed by atoms with van der Waals surface area (Å²) in [4.78, 5) is 12.0. The van der Waals surface area contributed by atoms with E-state index in [-0.39, 0.29) is 18.1 Å². The van der Waals surface area contributed by atoms with Crippen molar-refractivity contribution < 1.29 is 18.8 Å². The number of hydrogen-bond acceptors (Lipinski definition) is 6. The number of ether oxygens (including phenoxy) is 2. The normalized spacial score (nSPS) is 20.7. The number of rotatable bonds is 11. The third-order valence-corrected chi connectivity index (χ3v) is 5.80. The summed E-state index contributed by atoms with van der Waals surface area (Å²) in [5, 5.41) is 0. The van der Waals surface area contributed by atoms with E-state index in [0.717, 1.165) is 37.2 Å². The zero-order valence-corrected chi connectivity index (χ0v) is 18.9. The summed E-state index contributed by atoms with van der Waals surface area (Å²) in [6, 6.07) is 0. The van der Waals surface area contributed by atoms with Gasteiger partial charge in [-0.2, -0.15) is 4.37 Å². The monoisotopic (exact) mass is 410 g/mol. The van der Waals surface area contributed by atoms with Gasteiger partial charge in [0.2, 0.25) is 6.23 Å². The van der Waals surface area contributed by atoms with E-state index in [2.05, 4.69) is 42.6 Å². The Morgan fingerprint density at radius 2 is 2.04 bits per heavy atom. The molecule has 0 saturated heterocycles. The molecule has 1 aliphatic heterocycles. The number of nitrogens with zero attached hydrogens (tertiary/aromatic N) is 3. The zero-order valence-electron chi connectivity index (χ0n) is 18.1. The molecule has 2 rings (SSSR count). The summed E-state index contributed by atoms with van der Waals surface area (Å²) < 4.78 is 21.3. The van der Waals surface area contributed by atoms with Gasteiger partial charge >= 0.3 is 5.97 Å². The van der Waals surface area contributed by atoms with Gasteiger partial charge in [0.05, 0.1) is 31.9 Å². The molecule has 0 saturated carbocycles. The number of unbranched alkanes of at least 4 members (excludes halogenated alkanes) is 3. The Balaban J connectivity index is 2.09. The maximum absolute atomic E-state index is 12.0. The molecule has 7 heteroatoms. The minimum atomic E-state index is -0.166. The molecule has 0 radical (unpaired) electrons. The summed E-state index contributed by atoms with van der Waals surface area (Å²) in [5.41, 5.74) is 2.00. The van der Waals surface area contributed by atoms with E-state index < -0.39 is 0 Å². The highest BCUT2D eigenvalue weighted by molar-refractivity contribution is 6.99. The first-order chi connectivity index (χ1) is 13.4. The predicted molar refractivity (Wildman–Crippen MR) is 113 cm³/mol. The van der Waals surface area contributed by atoms with Crippen LogP contribution in [-0.4, -0.2) is 52.2 Å². The maximum Gasteiger partial charge on any atom is 0.310 e. The molecule has 0 N–H and O–H groups in total. The molecule has 2 heterocycles. The van der Waals surface area contributed by atoms with E-state index in [4.69, 9.17) is 9.47 Å². The predicted octanol–water partition coefficient (Wildman–Crippen LogP) is 4.67. The van der Waals surface area contributed by atoms with Crippen molar-refractivity contribution in [1.82, 2.24) is 8.75 Å². The average Bonchev–Trinajstić information content (AvgIpc) is 3.14. The number of carbonyl (C=O) groups is 1. The molecule has 28 heavy (non-hydrogen) atoms.